The SMILES string of the molecule is COC[C@H](O)CN1CCc2ccc([N+](=O)[O-])cc2C1. The molecule has 0 bridgehead atoms. The molecule has 1 aliphatic heterocycles. The zero-order valence-corrected chi connectivity index (χ0v) is 10.9. The average molecular weight is 266 g/mol. The second kappa shape index (κ2) is 6.10. The van der Waals surface area contributed by atoms with E-state index in [0.29, 0.717) is 19.7 Å². The smallest absolute Gasteiger partial charge is 0.269 e. The summed E-state index contributed by atoms with van der Waals surface area (Å²) in [5.41, 5.74) is 2.26. The van der Waals surface area contributed by atoms with Gasteiger partial charge in [0.1, 0.15) is 0 Å². The summed E-state index contributed by atoms with van der Waals surface area (Å²) in [5.74, 6) is 0. The van der Waals surface area contributed by atoms with Crippen LogP contribution in [0.25, 0.3) is 0 Å². The highest BCUT2D eigenvalue weighted by molar-refractivity contribution is 5.41. The van der Waals surface area contributed by atoms with Crippen molar-refractivity contribution in [3.63, 3.8) is 0 Å². The van der Waals surface area contributed by atoms with Gasteiger partial charge in [0, 0.05) is 38.9 Å². The summed E-state index contributed by atoms with van der Waals surface area (Å²) in [6.45, 7) is 2.32. The first-order chi connectivity index (χ1) is 9.10. The minimum atomic E-state index is -0.523. The Morgan fingerprint density at radius 2 is 2.32 bits per heavy atom. The van der Waals surface area contributed by atoms with Crippen LogP contribution < -0.4 is 0 Å². The number of non-ortho nitro benzene ring substituents is 1. The fourth-order valence-corrected chi connectivity index (χ4v) is 2.41. The molecule has 6 heteroatoms. The number of β-amino-alcohol motifs (C(OH)–C–C–N with tert-alkyl or cyclic N) is 1. The number of ether oxygens (including phenoxy) is 1. The van der Waals surface area contributed by atoms with E-state index in [1.54, 1.807) is 19.2 Å². The predicted molar refractivity (Wildman–Crippen MR) is 70.0 cm³/mol. The largest absolute Gasteiger partial charge is 0.389 e. The van der Waals surface area contributed by atoms with E-state index in [2.05, 4.69) is 4.90 Å². The Hall–Kier alpha value is -1.50. The fraction of sp³-hybridized carbons (Fsp3) is 0.538. The lowest BCUT2D eigenvalue weighted by molar-refractivity contribution is -0.385. The van der Waals surface area contributed by atoms with E-state index in [4.69, 9.17) is 4.74 Å². The Bertz CT molecular complexity index is 464. The topological polar surface area (TPSA) is 75.8 Å². The number of aliphatic hydroxyl groups excluding tert-OH is 1. The molecule has 2 rings (SSSR count). The predicted octanol–water partition coefficient (Wildman–Crippen LogP) is 0.960. The quantitative estimate of drug-likeness (QED) is 0.634. The highest BCUT2D eigenvalue weighted by atomic mass is 16.6. The summed E-state index contributed by atoms with van der Waals surface area (Å²) < 4.78 is 4.90. The molecule has 0 amide bonds. The Balaban J connectivity index is 2.05. The van der Waals surface area contributed by atoms with Gasteiger partial charge in [-0.25, -0.2) is 0 Å². The van der Waals surface area contributed by atoms with Crippen molar-refractivity contribution in [1.82, 2.24) is 4.90 Å². The maximum absolute atomic E-state index is 10.8. The number of rotatable bonds is 5. The van der Waals surface area contributed by atoms with Gasteiger partial charge in [-0.1, -0.05) is 6.07 Å². The van der Waals surface area contributed by atoms with Gasteiger partial charge in [0.05, 0.1) is 17.6 Å². The van der Waals surface area contributed by atoms with E-state index in [9.17, 15) is 15.2 Å². The van der Waals surface area contributed by atoms with Gasteiger partial charge in [-0.15, -0.1) is 0 Å². The molecule has 0 aliphatic carbocycles. The summed E-state index contributed by atoms with van der Waals surface area (Å²) in [6, 6.07) is 5.01. The lowest BCUT2D eigenvalue weighted by atomic mass is 9.99. The molecule has 1 aromatic carbocycles. The average Bonchev–Trinajstić information content (AvgIpc) is 2.38. The molecule has 1 atom stereocenters. The van der Waals surface area contributed by atoms with Crippen LogP contribution in [0.5, 0.6) is 0 Å². The summed E-state index contributed by atoms with van der Waals surface area (Å²) in [6.07, 6.45) is 0.331. The summed E-state index contributed by atoms with van der Waals surface area (Å²) in [4.78, 5) is 12.5. The number of nitro benzene ring substituents is 1. The maximum Gasteiger partial charge on any atom is 0.269 e. The van der Waals surface area contributed by atoms with E-state index in [1.165, 1.54) is 0 Å². The molecule has 104 valence electrons. The van der Waals surface area contributed by atoms with E-state index >= 15 is 0 Å². The van der Waals surface area contributed by atoms with Crippen molar-refractivity contribution in [2.75, 3.05) is 26.8 Å². The van der Waals surface area contributed by atoms with E-state index in [1.807, 2.05) is 6.07 Å². The molecule has 1 heterocycles. The summed E-state index contributed by atoms with van der Waals surface area (Å²) in [7, 11) is 1.55. The Labute approximate surface area is 111 Å². The van der Waals surface area contributed by atoms with Crippen LogP contribution in [0.4, 0.5) is 5.69 Å². The number of hydrogen-bond donors (Lipinski definition) is 1. The number of fused-ring (bicyclic) bond motifs is 1. The molecule has 0 radical (unpaired) electrons. The van der Waals surface area contributed by atoms with Crippen LogP contribution in [0.15, 0.2) is 18.2 Å². The zero-order valence-electron chi connectivity index (χ0n) is 10.9. The van der Waals surface area contributed by atoms with Crippen LogP contribution in [-0.2, 0) is 17.7 Å². The molecule has 1 aromatic rings. The van der Waals surface area contributed by atoms with Crippen LogP contribution >= 0.6 is 0 Å². The Kier molecular flexibility index (Phi) is 4.47. The number of nitro groups is 1. The molecule has 0 spiro atoms. The summed E-state index contributed by atoms with van der Waals surface area (Å²) >= 11 is 0. The third kappa shape index (κ3) is 3.50. The minimum Gasteiger partial charge on any atom is -0.389 e. The standard InChI is InChI=1S/C13H18N2O4/c1-19-9-13(16)8-14-5-4-10-2-3-12(15(17)18)6-11(10)7-14/h2-3,6,13,16H,4-5,7-9H2,1H3/t13-/m1/s1. The first kappa shape index (κ1) is 13.9. The molecule has 19 heavy (non-hydrogen) atoms. The second-order valence-electron chi connectivity index (χ2n) is 4.80. The van der Waals surface area contributed by atoms with Crippen molar-refractivity contribution in [3.8, 4) is 0 Å². The van der Waals surface area contributed by atoms with Gasteiger partial charge in [0.25, 0.3) is 5.69 Å². The molecular formula is C13H18N2O4. The van der Waals surface area contributed by atoms with E-state index in [-0.39, 0.29) is 10.6 Å². The van der Waals surface area contributed by atoms with Crippen LogP contribution in [0, 0.1) is 10.1 Å². The van der Waals surface area contributed by atoms with E-state index in [0.717, 1.165) is 24.1 Å². The Morgan fingerprint density at radius 3 is 3.00 bits per heavy atom. The minimum absolute atomic E-state index is 0.123. The van der Waals surface area contributed by atoms with Crippen molar-refractivity contribution in [3.05, 3.63) is 39.4 Å². The molecule has 6 nitrogen and oxygen atoms in total. The molecule has 0 fully saturated rings. The number of benzene rings is 1. The van der Waals surface area contributed by atoms with Gasteiger partial charge in [-0.05, 0) is 17.5 Å². The Morgan fingerprint density at radius 1 is 1.53 bits per heavy atom. The van der Waals surface area contributed by atoms with Crippen molar-refractivity contribution in [2.24, 2.45) is 0 Å². The van der Waals surface area contributed by atoms with Gasteiger partial charge >= 0.3 is 0 Å². The van der Waals surface area contributed by atoms with Crippen LogP contribution in [0.1, 0.15) is 11.1 Å². The maximum atomic E-state index is 10.8. The molecule has 1 aliphatic rings. The molecule has 0 aromatic heterocycles. The molecule has 0 saturated heterocycles. The third-order valence-electron chi connectivity index (χ3n) is 3.32. The first-order valence-corrected chi connectivity index (χ1v) is 6.25. The van der Waals surface area contributed by atoms with Crippen molar-refractivity contribution in [1.29, 1.82) is 0 Å². The van der Waals surface area contributed by atoms with Gasteiger partial charge < -0.3 is 9.84 Å². The highest BCUT2D eigenvalue weighted by Crippen LogP contribution is 2.23. The molecule has 1 N–H and O–H groups in total. The lowest BCUT2D eigenvalue weighted by Crippen LogP contribution is -2.38. The molecule has 0 saturated carbocycles. The van der Waals surface area contributed by atoms with Gasteiger partial charge in [-0.2, -0.15) is 0 Å². The number of nitrogens with zero attached hydrogens (tertiary/aromatic N) is 2. The van der Waals surface area contributed by atoms with Crippen LogP contribution in [-0.4, -0.2) is 47.8 Å². The molecule has 0 unspecified atom stereocenters. The number of hydrogen-bond acceptors (Lipinski definition) is 5. The highest BCUT2D eigenvalue weighted by Gasteiger charge is 2.20. The monoisotopic (exact) mass is 266 g/mol. The second-order valence-corrected chi connectivity index (χ2v) is 4.80. The normalized spacial score (nSPS) is 16.9. The van der Waals surface area contributed by atoms with Gasteiger partial charge in [0.2, 0.25) is 0 Å². The van der Waals surface area contributed by atoms with Crippen LogP contribution in [0.3, 0.4) is 0 Å². The third-order valence-corrected chi connectivity index (χ3v) is 3.32. The lowest BCUT2D eigenvalue weighted by Gasteiger charge is -2.30. The number of methoxy groups -OCH3 is 1. The van der Waals surface area contributed by atoms with E-state index < -0.39 is 6.10 Å². The van der Waals surface area contributed by atoms with Crippen molar-refractivity contribution in [2.45, 2.75) is 19.1 Å². The first-order valence-electron chi connectivity index (χ1n) is 6.25. The zero-order chi connectivity index (χ0) is 13.8. The van der Waals surface area contributed by atoms with Crippen LogP contribution in [0.2, 0.25) is 0 Å². The van der Waals surface area contributed by atoms with Gasteiger partial charge in [0.15, 0.2) is 0 Å². The van der Waals surface area contributed by atoms with Crippen molar-refractivity contribution < 1.29 is 14.8 Å². The van der Waals surface area contributed by atoms with Gasteiger partial charge in [-0.3, -0.25) is 15.0 Å². The summed E-state index contributed by atoms with van der Waals surface area (Å²) in [5, 5.41) is 20.5. The van der Waals surface area contributed by atoms with Crippen molar-refractivity contribution >= 4 is 5.69 Å². The fourth-order valence-electron chi connectivity index (χ4n) is 2.41. The number of aliphatic hydroxyl groups is 1. The molecular weight excluding hydrogens is 248 g/mol.